The number of carbonyl (C=O) groups is 2. The van der Waals surface area contributed by atoms with Gasteiger partial charge in [-0.15, -0.1) is 4.91 Å². The summed E-state index contributed by atoms with van der Waals surface area (Å²) in [6.45, 7) is 15.1. The number of aromatic amines is 1. The number of hydrogen-bond donors (Lipinski definition) is 3. The zero-order valence-corrected chi connectivity index (χ0v) is 21.6. The summed E-state index contributed by atoms with van der Waals surface area (Å²) in [5.74, 6) is -0.419. The van der Waals surface area contributed by atoms with Crippen molar-refractivity contribution >= 4 is 50.8 Å². The Morgan fingerprint density at radius 2 is 1.88 bits per heavy atom. The van der Waals surface area contributed by atoms with Gasteiger partial charge in [-0.3, -0.25) is 9.59 Å². The van der Waals surface area contributed by atoms with Gasteiger partial charge in [0.1, 0.15) is 5.69 Å². The van der Waals surface area contributed by atoms with Crippen LogP contribution < -0.4 is 10.6 Å². The Labute approximate surface area is 203 Å². The van der Waals surface area contributed by atoms with E-state index in [0.29, 0.717) is 39.1 Å². The van der Waals surface area contributed by atoms with Gasteiger partial charge in [0.15, 0.2) is 0 Å². The fourth-order valence-corrected chi connectivity index (χ4v) is 4.19. The lowest BCUT2D eigenvalue weighted by Crippen LogP contribution is -2.35. The molecule has 8 nitrogen and oxygen atoms in total. The number of fused-ring (bicyclic) bond motifs is 1. The smallest absolute Gasteiger partial charge is 0.256 e. The standard InChI is InChI=1S/C22H26BrN5O3.C2H6/c1-5-28(6-2)8-7-24-22(30)20-12(3)17(25-13(20)4)10-15-14-9-19(27-31)16(23)11-18(14)26-21(15)29;1-2/h9-11,25H,5-8H2,1-4H3,(H,24,30)(H,26,29);1-2H3/b15-10-;. The molecule has 0 unspecified atom stereocenters. The summed E-state index contributed by atoms with van der Waals surface area (Å²) in [4.78, 5) is 41.8. The number of H-pyrrole nitrogens is 1. The second-order valence-electron chi connectivity index (χ2n) is 7.40. The second kappa shape index (κ2) is 11.9. The van der Waals surface area contributed by atoms with Crippen molar-refractivity contribution in [1.29, 1.82) is 0 Å². The summed E-state index contributed by atoms with van der Waals surface area (Å²) >= 11 is 3.28. The van der Waals surface area contributed by atoms with Crippen molar-refractivity contribution in [3.05, 3.63) is 49.6 Å². The van der Waals surface area contributed by atoms with E-state index in [1.165, 1.54) is 0 Å². The summed E-state index contributed by atoms with van der Waals surface area (Å²) in [7, 11) is 0. The monoisotopic (exact) mass is 517 g/mol. The predicted molar refractivity (Wildman–Crippen MR) is 138 cm³/mol. The van der Waals surface area contributed by atoms with Crippen LogP contribution in [-0.2, 0) is 4.79 Å². The van der Waals surface area contributed by atoms with Gasteiger partial charge in [0.25, 0.3) is 11.8 Å². The van der Waals surface area contributed by atoms with Crippen LogP contribution in [0.15, 0.2) is 21.8 Å². The average molecular weight is 518 g/mol. The van der Waals surface area contributed by atoms with Crippen LogP contribution in [0, 0.1) is 18.8 Å². The fourth-order valence-electron chi connectivity index (χ4n) is 3.77. The third-order valence-electron chi connectivity index (χ3n) is 5.57. The SMILES string of the molecule is CC.CCN(CC)CCNC(=O)c1c(C)[nH]c(/C=C2\C(=O)Nc3cc(Br)c(N=O)cc32)c1C. The normalized spacial score (nSPS) is 13.5. The topological polar surface area (TPSA) is 107 Å². The largest absolute Gasteiger partial charge is 0.358 e. The highest BCUT2D eigenvalue weighted by Gasteiger charge is 2.27. The fraction of sp³-hybridized carbons (Fsp3) is 0.417. The number of benzene rings is 1. The maximum atomic E-state index is 12.8. The number of aromatic nitrogens is 1. The highest BCUT2D eigenvalue weighted by Crippen LogP contribution is 2.40. The van der Waals surface area contributed by atoms with Gasteiger partial charge in [0.2, 0.25) is 0 Å². The molecule has 1 aliphatic rings. The van der Waals surface area contributed by atoms with E-state index in [4.69, 9.17) is 0 Å². The summed E-state index contributed by atoms with van der Waals surface area (Å²) in [6, 6.07) is 3.23. The van der Waals surface area contributed by atoms with Gasteiger partial charge < -0.3 is 20.5 Å². The van der Waals surface area contributed by atoms with Gasteiger partial charge in [-0.1, -0.05) is 27.7 Å². The summed E-state index contributed by atoms with van der Waals surface area (Å²) in [5.41, 5.74) is 4.57. The number of likely N-dealkylation sites (N-methyl/N-ethyl adjacent to an activating group) is 1. The number of halogens is 1. The first-order valence-electron chi connectivity index (χ1n) is 11.2. The van der Waals surface area contributed by atoms with E-state index in [1.807, 2.05) is 27.7 Å². The van der Waals surface area contributed by atoms with Crippen molar-refractivity contribution in [1.82, 2.24) is 15.2 Å². The lowest BCUT2D eigenvalue weighted by Gasteiger charge is -2.18. The maximum absolute atomic E-state index is 12.8. The van der Waals surface area contributed by atoms with Crippen molar-refractivity contribution in [2.75, 3.05) is 31.5 Å². The number of rotatable bonds is 8. The number of aryl methyl sites for hydroxylation is 1. The van der Waals surface area contributed by atoms with Crippen LogP contribution in [0.25, 0.3) is 11.6 Å². The van der Waals surface area contributed by atoms with Crippen molar-refractivity contribution in [2.24, 2.45) is 5.18 Å². The van der Waals surface area contributed by atoms with Crippen LogP contribution in [0.4, 0.5) is 11.4 Å². The van der Waals surface area contributed by atoms with Gasteiger partial charge in [-0.05, 0) is 71.8 Å². The van der Waals surface area contributed by atoms with E-state index in [1.54, 1.807) is 18.2 Å². The van der Waals surface area contributed by atoms with Gasteiger partial charge in [0.05, 0.1) is 16.8 Å². The third-order valence-corrected chi connectivity index (χ3v) is 6.20. The van der Waals surface area contributed by atoms with Crippen LogP contribution in [0.1, 0.15) is 60.6 Å². The Balaban J connectivity index is 0.00000187. The van der Waals surface area contributed by atoms with Crippen LogP contribution >= 0.6 is 15.9 Å². The minimum atomic E-state index is -0.276. The molecule has 0 saturated heterocycles. The highest BCUT2D eigenvalue weighted by atomic mass is 79.9. The Morgan fingerprint density at radius 3 is 2.48 bits per heavy atom. The van der Waals surface area contributed by atoms with E-state index in [-0.39, 0.29) is 17.5 Å². The molecule has 0 aliphatic carbocycles. The van der Waals surface area contributed by atoms with Crippen LogP contribution in [0.2, 0.25) is 0 Å². The van der Waals surface area contributed by atoms with Gasteiger partial charge in [-0.2, -0.15) is 0 Å². The lowest BCUT2D eigenvalue weighted by molar-refractivity contribution is -0.110. The first kappa shape index (κ1) is 26.5. The van der Waals surface area contributed by atoms with E-state index < -0.39 is 0 Å². The van der Waals surface area contributed by atoms with Gasteiger partial charge in [0, 0.05) is 34.5 Å². The maximum Gasteiger partial charge on any atom is 0.256 e. The molecular weight excluding hydrogens is 486 g/mol. The van der Waals surface area contributed by atoms with Crippen molar-refractivity contribution in [3.8, 4) is 0 Å². The summed E-state index contributed by atoms with van der Waals surface area (Å²) in [5, 5.41) is 8.77. The molecule has 2 amide bonds. The Kier molecular flexibility index (Phi) is 9.55. The minimum Gasteiger partial charge on any atom is -0.358 e. The molecule has 1 aromatic carbocycles. The quantitative estimate of drug-likeness (QED) is 0.322. The molecule has 0 atom stereocenters. The van der Waals surface area contributed by atoms with E-state index in [0.717, 1.165) is 30.9 Å². The molecule has 0 fully saturated rings. The number of amides is 2. The predicted octanol–water partition coefficient (Wildman–Crippen LogP) is 5.38. The Hall–Kier alpha value is -2.78. The molecule has 1 aromatic heterocycles. The van der Waals surface area contributed by atoms with Crippen LogP contribution in [0.3, 0.4) is 0 Å². The highest BCUT2D eigenvalue weighted by molar-refractivity contribution is 9.10. The number of carbonyl (C=O) groups excluding carboxylic acids is 2. The Morgan fingerprint density at radius 1 is 1.21 bits per heavy atom. The molecule has 0 radical (unpaired) electrons. The zero-order chi connectivity index (χ0) is 24.7. The van der Waals surface area contributed by atoms with Crippen molar-refractivity contribution in [2.45, 2.75) is 41.5 Å². The van der Waals surface area contributed by atoms with E-state index >= 15 is 0 Å². The lowest BCUT2D eigenvalue weighted by atomic mass is 10.0. The number of hydrogen-bond acceptors (Lipinski definition) is 5. The molecule has 0 spiro atoms. The van der Waals surface area contributed by atoms with Crippen LogP contribution in [0.5, 0.6) is 0 Å². The molecule has 3 rings (SSSR count). The first-order valence-corrected chi connectivity index (χ1v) is 12.0. The number of nitrogens with zero attached hydrogens (tertiary/aromatic N) is 2. The number of anilines is 1. The van der Waals surface area contributed by atoms with E-state index in [2.05, 4.69) is 55.5 Å². The number of nitrogens with one attached hydrogen (secondary N) is 3. The first-order chi connectivity index (χ1) is 15.8. The molecule has 3 N–H and O–H groups in total. The average Bonchev–Trinajstić information content (AvgIpc) is 3.26. The minimum absolute atomic E-state index is 0.143. The molecule has 9 heteroatoms. The van der Waals surface area contributed by atoms with Crippen LogP contribution in [-0.4, -0.2) is 47.9 Å². The van der Waals surface area contributed by atoms with Crippen molar-refractivity contribution in [3.63, 3.8) is 0 Å². The number of nitroso groups, excluding NO2 is 1. The zero-order valence-electron chi connectivity index (χ0n) is 20.1. The molecule has 33 heavy (non-hydrogen) atoms. The molecule has 0 bridgehead atoms. The van der Waals surface area contributed by atoms with Gasteiger partial charge in [-0.25, -0.2) is 0 Å². The molecular formula is C24H32BrN5O3. The molecule has 1 aliphatic heterocycles. The summed E-state index contributed by atoms with van der Waals surface area (Å²) in [6.07, 6.45) is 1.71. The van der Waals surface area contributed by atoms with E-state index in [9.17, 15) is 14.5 Å². The molecule has 0 saturated carbocycles. The summed E-state index contributed by atoms with van der Waals surface area (Å²) < 4.78 is 0.512. The third kappa shape index (κ3) is 5.78. The molecule has 2 heterocycles. The van der Waals surface area contributed by atoms with Crippen molar-refractivity contribution < 1.29 is 9.59 Å². The molecule has 178 valence electrons. The Bertz CT molecular complexity index is 1070. The molecule has 2 aromatic rings. The second-order valence-corrected chi connectivity index (χ2v) is 8.25. The van der Waals surface area contributed by atoms with Gasteiger partial charge >= 0.3 is 0 Å².